The first kappa shape index (κ1) is 106. The summed E-state index contributed by atoms with van der Waals surface area (Å²) in [6, 6.07) is 0. The third-order valence-corrected chi connectivity index (χ3v) is 0. The Morgan fingerprint density at radius 3 is 0.500 bits per heavy atom. The zero-order valence-electron chi connectivity index (χ0n) is 2.21. The first-order valence-electron chi connectivity index (χ1n) is 0. The first-order valence-corrected chi connectivity index (χ1v) is 0. The first-order chi connectivity index (χ1) is 0. The van der Waals surface area contributed by atoms with Crippen molar-refractivity contribution in [1.29, 1.82) is 0 Å². The second-order valence-electron chi connectivity index (χ2n) is 0. The summed E-state index contributed by atoms with van der Waals surface area (Å²) in [5.74, 6) is 0. The van der Waals surface area contributed by atoms with Crippen LogP contribution in [0.15, 0.2) is 0 Å². The van der Waals surface area contributed by atoms with Crippen molar-refractivity contribution in [2.75, 3.05) is 0 Å². The third kappa shape index (κ3) is 39.9. The normalized spacial score (nSPS) is 0. The van der Waals surface area contributed by atoms with Crippen LogP contribution in [0.2, 0.25) is 0 Å². The molecule has 0 aromatic heterocycles. The van der Waals surface area contributed by atoms with E-state index in [1.807, 2.05) is 0 Å². The molecule has 6 heavy (non-hydrogen) atoms. The molecule has 0 heterocycles. The van der Waals surface area contributed by atoms with Gasteiger partial charge in [0.15, 0.2) is 34.7 Å². The Morgan fingerprint density at radius 1 is 0.500 bits per heavy atom. The molecule has 0 spiro atoms. The Hall–Kier alpha value is 1.87. The molecular formula is H14Al2O3Pb. The molecule has 42 valence electrons. The molecule has 6 N–H and O–H groups in total. The van der Waals surface area contributed by atoms with Gasteiger partial charge in [-0.2, -0.15) is 0 Å². The molecule has 0 unspecified atom stereocenters. The van der Waals surface area contributed by atoms with Crippen molar-refractivity contribution in [3.05, 3.63) is 0 Å². The molecule has 0 amide bonds. The van der Waals surface area contributed by atoms with Gasteiger partial charge < -0.3 is 16.4 Å². The fourth-order valence-corrected chi connectivity index (χ4v) is 0. The van der Waals surface area contributed by atoms with Gasteiger partial charge in [0.25, 0.3) is 0 Å². The van der Waals surface area contributed by atoms with E-state index in [1.165, 1.54) is 0 Å². The molecule has 0 aliphatic heterocycles. The Labute approximate surface area is 77.8 Å². The molecule has 0 fully saturated rings. The van der Waals surface area contributed by atoms with Crippen molar-refractivity contribution in [3.8, 4) is 0 Å². The second-order valence-corrected chi connectivity index (χ2v) is 0. The number of hydrogen-bond acceptors (Lipinski definition) is 0. The van der Waals surface area contributed by atoms with Crippen LogP contribution in [-0.4, -0.2) is 78.4 Å². The molecule has 0 aromatic rings. The van der Waals surface area contributed by atoms with Gasteiger partial charge in [0.05, 0.1) is 0 Å². The molecule has 0 saturated carbocycles. The Balaban J connectivity index is 0. The van der Waals surface area contributed by atoms with Crippen LogP contribution in [0.5, 0.6) is 0 Å². The zero-order valence-corrected chi connectivity index (χ0v) is 7.70. The fourth-order valence-electron chi connectivity index (χ4n) is 0. The Morgan fingerprint density at radius 2 is 0.500 bits per heavy atom. The van der Waals surface area contributed by atoms with Crippen LogP contribution in [0.3, 0.4) is 0 Å². The Kier molecular flexibility index (Phi) is 1200. The summed E-state index contributed by atoms with van der Waals surface area (Å²) < 4.78 is 0. The van der Waals surface area contributed by atoms with Crippen molar-refractivity contribution in [2.24, 2.45) is 0 Å². The van der Waals surface area contributed by atoms with Crippen LogP contribution in [0.25, 0.3) is 0 Å². The van der Waals surface area contributed by atoms with Crippen molar-refractivity contribution in [3.63, 3.8) is 0 Å². The van der Waals surface area contributed by atoms with E-state index in [2.05, 4.69) is 0 Å². The summed E-state index contributed by atoms with van der Waals surface area (Å²) in [4.78, 5) is 0. The van der Waals surface area contributed by atoms with E-state index in [4.69, 9.17) is 0 Å². The molecule has 2 radical (unpaired) electrons. The topological polar surface area (TPSA) is 94.5 Å². The molecule has 0 rings (SSSR count). The summed E-state index contributed by atoms with van der Waals surface area (Å²) in [7, 11) is 0. The van der Waals surface area contributed by atoms with Gasteiger partial charge in [-0.1, -0.05) is 0 Å². The summed E-state index contributed by atoms with van der Waals surface area (Å²) in [6.07, 6.45) is 0. The van der Waals surface area contributed by atoms with E-state index < -0.39 is 0 Å². The van der Waals surface area contributed by atoms with Crippen LogP contribution in [0, 0.1) is 0 Å². The molecule has 6 heteroatoms. The van der Waals surface area contributed by atoms with Crippen LogP contribution in [0.4, 0.5) is 0 Å². The summed E-state index contributed by atoms with van der Waals surface area (Å²) >= 11 is 0. The van der Waals surface area contributed by atoms with E-state index in [1.54, 1.807) is 0 Å². The number of rotatable bonds is 0. The van der Waals surface area contributed by atoms with Gasteiger partial charge in [-0.3, -0.25) is 0 Å². The van der Waals surface area contributed by atoms with Crippen LogP contribution >= 0.6 is 0 Å². The van der Waals surface area contributed by atoms with E-state index >= 15 is 0 Å². The SMILES string of the molecule is O.O.O.[AlH3].[AlH3].[PbH2]. The fraction of sp³-hybridized carbons (Fsp3) is 0. The number of hydrogen-bond donors (Lipinski definition) is 0. The van der Waals surface area contributed by atoms with E-state index in [0.717, 1.165) is 0 Å². The minimum absolute atomic E-state index is 0. The quantitative estimate of drug-likeness (QED) is 0.397. The van der Waals surface area contributed by atoms with Gasteiger partial charge in [0, 0.05) is 0 Å². The molecule has 0 aliphatic rings. The third-order valence-electron chi connectivity index (χ3n) is 0. The van der Waals surface area contributed by atoms with Gasteiger partial charge >= 0.3 is 27.3 Å². The summed E-state index contributed by atoms with van der Waals surface area (Å²) in [5.41, 5.74) is 0. The standard InChI is InChI=1S/2Al.3H2O.Pb.8H/h;;3*1H2;;;;;;;;;. The average molecular weight is 323 g/mol. The van der Waals surface area contributed by atoms with Crippen LogP contribution < -0.4 is 0 Å². The maximum absolute atomic E-state index is 0. The summed E-state index contributed by atoms with van der Waals surface area (Å²) in [5, 5.41) is 0. The van der Waals surface area contributed by atoms with E-state index in [9.17, 15) is 0 Å². The molecular weight excluding hydrogens is 309 g/mol. The maximum atomic E-state index is 0. The molecule has 0 saturated heterocycles. The van der Waals surface area contributed by atoms with Gasteiger partial charge in [-0.25, -0.2) is 0 Å². The minimum atomic E-state index is 0. The van der Waals surface area contributed by atoms with E-state index in [-0.39, 0.29) is 78.4 Å². The monoisotopic (exact) mass is 324 g/mol. The van der Waals surface area contributed by atoms with Gasteiger partial charge in [-0.15, -0.1) is 0 Å². The van der Waals surface area contributed by atoms with Crippen molar-refractivity contribution in [2.45, 2.75) is 0 Å². The van der Waals surface area contributed by atoms with Crippen molar-refractivity contribution < 1.29 is 16.4 Å². The van der Waals surface area contributed by atoms with Gasteiger partial charge in [0.2, 0.25) is 0 Å². The van der Waals surface area contributed by atoms with Crippen LogP contribution in [-0.2, 0) is 0 Å². The zero-order chi connectivity index (χ0) is 0. The van der Waals surface area contributed by atoms with Crippen molar-refractivity contribution in [1.82, 2.24) is 0 Å². The molecule has 0 atom stereocenters. The molecule has 3 nitrogen and oxygen atoms in total. The van der Waals surface area contributed by atoms with Gasteiger partial charge in [-0.05, 0) is 0 Å². The second kappa shape index (κ2) is 67.8. The average Bonchev–Trinajstić information content (AvgIpc) is 0. The van der Waals surface area contributed by atoms with Gasteiger partial charge in [0.1, 0.15) is 0 Å². The predicted molar refractivity (Wildman–Crippen MR) is 39.3 cm³/mol. The van der Waals surface area contributed by atoms with Crippen molar-refractivity contribution >= 4 is 62.0 Å². The predicted octanol–water partition coefficient (Wildman–Crippen LogP) is -5.76. The summed E-state index contributed by atoms with van der Waals surface area (Å²) in [6.45, 7) is 0. The van der Waals surface area contributed by atoms with E-state index in [0.29, 0.717) is 0 Å². The Bertz CT molecular complexity index is 8.75. The van der Waals surface area contributed by atoms with Crippen LogP contribution in [0.1, 0.15) is 0 Å². The molecule has 0 bridgehead atoms. The molecule has 0 aliphatic carbocycles. The molecule has 0 aromatic carbocycles.